The summed E-state index contributed by atoms with van der Waals surface area (Å²) in [7, 11) is 3.44. The minimum absolute atomic E-state index is 0.0192. The van der Waals surface area contributed by atoms with Crippen LogP contribution in [0.4, 0.5) is 19.0 Å². The number of aromatic nitrogens is 1. The number of pyridine rings is 1. The summed E-state index contributed by atoms with van der Waals surface area (Å²) in [5.74, 6) is 0.000926. The number of amides is 2. The summed E-state index contributed by atoms with van der Waals surface area (Å²) in [6.07, 6.45) is -0.999. The molecule has 11 heteroatoms. The van der Waals surface area contributed by atoms with Gasteiger partial charge in [-0.05, 0) is 45.3 Å². The summed E-state index contributed by atoms with van der Waals surface area (Å²) >= 11 is 0.890. The summed E-state index contributed by atoms with van der Waals surface area (Å²) < 4.78 is 41.5. The van der Waals surface area contributed by atoms with E-state index in [1.54, 1.807) is 0 Å². The first-order valence-electron chi connectivity index (χ1n) is 11.6. The van der Waals surface area contributed by atoms with E-state index in [1.807, 2.05) is 16.8 Å². The van der Waals surface area contributed by atoms with E-state index in [0.717, 1.165) is 62.7 Å². The standard InChI is InChI=1S/C23H28F3N5O2S/c1-27-20(32)14-11-34-19-15(23(24,25)26)10-17(28-18(14)19)30-8-5-22(6-9-30)12-31(13-22)21(33)16-4-3-7-29(16)2/h10-11,16H,3-9,12-13H2,1-2H3,(H,27,32). The number of rotatable bonds is 3. The smallest absolute Gasteiger partial charge is 0.357 e. The van der Waals surface area contributed by atoms with Crippen molar-refractivity contribution in [2.75, 3.05) is 51.7 Å². The van der Waals surface area contributed by atoms with Gasteiger partial charge in [-0.15, -0.1) is 11.3 Å². The molecule has 5 rings (SSSR count). The highest BCUT2D eigenvalue weighted by atomic mass is 32.1. The van der Waals surface area contributed by atoms with E-state index in [2.05, 4.69) is 15.2 Å². The maximum atomic E-state index is 13.8. The lowest BCUT2D eigenvalue weighted by Crippen LogP contribution is -2.64. The van der Waals surface area contributed by atoms with Crippen molar-refractivity contribution in [1.29, 1.82) is 0 Å². The molecule has 1 atom stereocenters. The zero-order valence-electron chi connectivity index (χ0n) is 19.2. The molecule has 7 nitrogen and oxygen atoms in total. The molecule has 1 N–H and O–H groups in total. The maximum absolute atomic E-state index is 13.8. The molecule has 0 radical (unpaired) electrons. The maximum Gasteiger partial charge on any atom is 0.417 e. The summed E-state index contributed by atoms with van der Waals surface area (Å²) in [4.78, 5) is 35.4. The molecule has 184 valence electrons. The number of hydrogen-bond acceptors (Lipinski definition) is 6. The third-order valence-corrected chi connectivity index (χ3v) is 8.61. The number of fused-ring (bicyclic) bond motifs is 1. The van der Waals surface area contributed by atoms with Crippen molar-refractivity contribution in [2.24, 2.45) is 5.41 Å². The van der Waals surface area contributed by atoms with Gasteiger partial charge >= 0.3 is 6.18 Å². The third-order valence-electron chi connectivity index (χ3n) is 7.60. The lowest BCUT2D eigenvalue weighted by atomic mass is 9.71. The molecule has 0 aliphatic carbocycles. The molecule has 0 saturated carbocycles. The number of alkyl halides is 3. The highest BCUT2D eigenvalue weighted by Gasteiger charge is 2.49. The summed E-state index contributed by atoms with van der Waals surface area (Å²) in [5, 5.41) is 3.91. The van der Waals surface area contributed by atoms with Crippen molar-refractivity contribution in [3.8, 4) is 0 Å². The number of nitrogens with one attached hydrogen (secondary N) is 1. The van der Waals surface area contributed by atoms with Crippen molar-refractivity contribution in [3.05, 3.63) is 22.6 Å². The molecule has 2 amide bonds. The van der Waals surface area contributed by atoms with Crippen LogP contribution >= 0.6 is 11.3 Å². The topological polar surface area (TPSA) is 68.8 Å². The summed E-state index contributed by atoms with van der Waals surface area (Å²) in [5.41, 5.74) is -0.464. The Morgan fingerprint density at radius 2 is 1.91 bits per heavy atom. The Morgan fingerprint density at radius 1 is 1.21 bits per heavy atom. The van der Waals surface area contributed by atoms with Crippen molar-refractivity contribution in [1.82, 2.24) is 20.1 Å². The Hall–Kier alpha value is -2.40. The molecule has 3 aliphatic heterocycles. The van der Waals surface area contributed by atoms with Crippen LogP contribution in [0.5, 0.6) is 0 Å². The fourth-order valence-corrected chi connectivity index (χ4v) is 6.57. The Morgan fingerprint density at radius 3 is 2.50 bits per heavy atom. The number of hydrogen-bond donors (Lipinski definition) is 1. The molecule has 1 spiro atoms. The van der Waals surface area contributed by atoms with Crippen molar-refractivity contribution in [2.45, 2.75) is 37.9 Å². The first-order valence-corrected chi connectivity index (χ1v) is 12.5. The summed E-state index contributed by atoms with van der Waals surface area (Å²) in [6.45, 7) is 3.53. The van der Waals surface area contributed by atoms with Crippen LogP contribution in [0.25, 0.3) is 10.2 Å². The average Bonchev–Trinajstić information content (AvgIpc) is 3.41. The van der Waals surface area contributed by atoms with Crippen molar-refractivity contribution < 1.29 is 22.8 Å². The number of carbonyl (C=O) groups excluding carboxylic acids is 2. The highest BCUT2D eigenvalue weighted by molar-refractivity contribution is 7.17. The fraction of sp³-hybridized carbons (Fsp3) is 0.609. The van der Waals surface area contributed by atoms with E-state index in [9.17, 15) is 22.8 Å². The lowest BCUT2D eigenvalue weighted by molar-refractivity contribution is -0.149. The predicted octanol–water partition coefficient (Wildman–Crippen LogP) is 3.20. The van der Waals surface area contributed by atoms with Gasteiger partial charge in [-0.3, -0.25) is 14.5 Å². The Labute approximate surface area is 199 Å². The first-order chi connectivity index (χ1) is 16.1. The summed E-state index contributed by atoms with van der Waals surface area (Å²) in [6, 6.07) is 1.09. The Bertz CT molecular complexity index is 1120. The second-order valence-corrected chi connectivity index (χ2v) is 10.6. The van der Waals surface area contributed by atoms with Gasteiger partial charge in [0, 0.05) is 44.0 Å². The highest BCUT2D eigenvalue weighted by Crippen LogP contribution is 2.44. The molecule has 3 fully saturated rings. The van der Waals surface area contributed by atoms with Gasteiger partial charge in [-0.2, -0.15) is 13.2 Å². The van der Waals surface area contributed by atoms with Crippen LogP contribution in [0.1, 0.15) is 41.6 Å². The van der Waals surface area contributed by atoms with Crippen LogP contribution in [0.3, 0.4) is 0 Å². The van der Waals surface area contributed by atoms with E-state index < -0.39 is 17.6 Å². The van der Waals surface area contributed by atoms with E-state index in [4.69, 9.17) is 0 Å². The second kappa shape index (κ2) is 8.37. The van der Waals surface area contributed by atoms with E-state index in [1.165, 1.54) is 12.4 Å². The van der Waals surface area contributed by atoms with Gasteiger partial charge in [0.1, 0.15) is 5.82 Å². The van der Waals surface area contributed by atoms with E-state index in [0.29, 0.717) is 13.1 Å². The largest absolute Gasteiger partial charge is 0.417 e. The predicted molar refractivity (Wildman–Crippen MR) is 124 cm³/mol. The molecule has 2 aromatic rings. The van der Waals surface area contributed by atoms with Crippen LogP contribution in [0.15, 0.2) is 11.4 Å². The molecule has 2 aromatic heterocycles. The average molecular weight is 496 g/mol. The SMILES string of the molecule is CNC(=O)c1csc2c(C(F)(F)F)cc(N3CCC4(CC3)CN(C(=O)C3CCCN3C)C4)nc12. The molecule has 3 saturated heterocycles. The van der Waals surface area contributed by atoms with Crippen LogP contribution in [0, 0.1) is 5.41 Å². The zero-order valence-corrected chi connectivity index (χ0v) is 20.1. The number of likely N-dealkylation sites (N-methyl/N-ethyl adjacent to an activating group) is 1. The quantitative estimate of drug-likeness (QED) is 0.709. The minimum atomic E-state index is -4.54. The number of piperidine rings is 1. The van der Waals surface area contributed by atoms with Crippen LogP contribution in [0.2, 0.25) is 0 Å². The van der Waals surface area contributed by atoms with Gasteiger partial charge < -0.3 is 15.1 Å². The number of anilines is 1. The first kappa shape index (κ1) is 23.3. The monoisotopic (exact) mass is 495 g/mol. The number of carbonyl (C=O) groups is 2. The van der Waals surface area contributed by atoms with E-state index in [-0.39, 0.29) is 39.0 Å². The van der Waals surface area contributed by atoms with Crippen LogP contribution in [-0.4, -0.2) is 79.5 Å². The van der Waals surface area contributed by atoms with Crippen LogP contribution < -0.4 is 10.2 Å². The molecular formula is C23H28F3N5O2S. The molecule has 1 unspecified atom stereocenters. The second-order valence-electron chi connectivity index (χ2n) is 9.75. The Balaban J connectivity index is 1.32. The molecule has 3 aliphatic rings. The molecular weight excluding hydrogens is 467 g/mol. The number of thiophene rings is 1. The van der Waals surface area contributed by atoms with Gasteiger partial charge in [-0.1, -0.05) is 0 Å². The molecule has 0 aromatic carbocycles. The number of likely N-dealkylation sites (tertiary alicyclic amines) is 2. The number of nitrogens with zero attached hydrogens (tertiary/aromatic N) is 4. The van der Waals surface area contributed by atoms with Gasteiger partial charge in [-0.25, -0.2) is 4.98 Å². The van der Waals surface area contributed by atoms with Gasteiger partial charge in [0.05, 0.1) is 27.4 Å². The van der Waals surface area contributed by atoms with Crippen LogP contribution in [-0.2, 0) is 11.0 Å². The van der Waals surface area contributed by atoms with Crippen molar-refractivity contribution >= 4 is 39.2 Å². The van der Waals surface area contributed by atoms with Gasteiger partial charge in [0.2, 0.25) is 5.91 Å². The normalized spacial score (nSPS) is 22.9. The lowest BCUT2D eigenvalue weighted by Gasteiger charge is -2.54. The zero-order chi connectivity index (χ0) is 24.3. The van der Waals surface area contributed by atoms with Gasteiger partial charge in [0.25, 0.3) is 5.91 Å². The molecule has 5 heterocycles. The molecule has 34 heavy (non-hydrogen) atoms. The molecule has 0 bridgehead atoms. The minimum Gasteiger partial charge on any atom is -0.357 e. The number of halogens is 3. The third kappa shape index (κ3) is 3.92. The van der Waals surface area contributed by atoms with Gasteiger partial charge in [0.15, 0.2) is 0 Å². The Kier molecular flexibility index (Phi) is 5.75. The van der Waals surface area contributed by atoms with E-state index >= 15 is 0 Å². The van der Waals surface area contributed by atoms with Crippen molar-refractivity contribution in [3.63, 3.8) is 0 Å². The fourth-order valence-electron chi connectivity index (χ4n) is 5.54.